The molecule has 0 radical (unpaired) electrons. The lowest BCUT2D eigenvalue weighted by atomic mass is 10.2. The summed E-state index contributed by atoms with van der Waals surface area (Å²) in [6.07, 6.45) is 0. The number of hydrogen-bond donors (Lipinski definition) is 2. The summed E-state index contributed by atoms with van der Waals surface area (Å²) in [4.78, 5) is 0. The lowest BCUT2D eigenvalue weighted by Gasteiger charge is -2.09. The molecule has 0 bridgehead atoms. The average molecular weight is 238 g/mol. The fraction of sp³-hybridized carbons (Fsp3) is 0. The molecule has 17 heavy (non-hydrogen) atoms. The van der Waals surface area contributed by atoms with Crippen molar-refractivity contribution in [2.45, 2.75) is 0 Å². The van der Waals surface area contributed by atoms with Crippen LogP contribution in [0.2, 0.25) is 0 Å². The van der Waals surface area contributed by atoms with E-state index in [1.54, 1.807) is 0 Å². The molecule has 2 rings (SSSR count). The van der Waals surface area contributed by atoms with Gasteiger partial charge in [-0.3, -0.25) is 0 Å². The molecular formula is C12H9F3N2. The molecule has 0 unspecified atom stereocenters. The van der Waals surface area contributed by atoms with Gasteiger partial charge in [0.15, 0.2) is 0 Å². The Morgan fingerprint density at radius 1 is 0.824 bits per heavy atom. The predicted octanol–water partition coefficient (Wildman–Crippen LogP) is 3.43. The first-order valence-electron chi connectivity index (χ1n) is 4.83. The molecule has 2 aromatic rings. The highest BCUT2D eigenvalue weighted by atomic mass is 19.1. The zero-order valence-electron chi connectivity index (χ0n) is 8.68. The molecule has 2 nitrogen and oxygen atoms in total. The van der Waals surface area contributed by atoms with Crippen molar-refractivity contribution in [1.29, 1.82) is 0 Å². The van der Waals surface area contributed by atoms with Gasteiger partial charge in [-0.1, -0.05) is 0 Å². The molecular weight excluding hydrogens is 229 g/mol. The number of rotatable bonds is 2. The molecule has 5 heteroatoms. The van der Waals surface area contributed by atoms with Crippen LogP contribution in [0.25, 0.3) is 0 Å². The zero-order chi connectivity index (χ0) is 12.4. The third-order valence-electron chi connectivity index (χ3n) is 2.19. The summed E-state index contributed by atoms with van der Waals surface area (Å²) in [7, 11) is 0. The highest BCUT2D eigenvalue weighted by molar-refractivity contribution is 5.63. The number of anilines is 3. The predicted molar refractivity (Wildman–Crippen MR) is 60.5 cm³/mol. The normalized spacial score (nSPS) is 10.3. The zero-order valence-corrected chi connectivity index (χ0v) is 8.68. The van der Waals surface area contributed by atoms with Gasteiger partial charge < -0.3 is 11.1 Å². The van der Waals surface area contributed by atoms with Gasteiger partial charge in [-0.15, -0.1) is 0 Å². The summed E-state index contributed by atoms with van der Waals surface area (Å²) in [6, 6.07) is 6.97. The standard InChI is InChI=1S/C12H9F3N2/c13-7-1-3-11(9(14)5-7)17-12-4-2-8(16)6-10(12)15/h1-6,17H,16H2. The number of nitrogen functional groups attached to an aromatic ring is 1. The maximum atomic E-state index is 13.4. The molecule has 2 aromatic carbocycles. The van der Waals surface area contributed by atoms with Crippen LogP contribution in [0.15, 0.2) is 36.4 Å². The van der Waals surface area contributed by atoms with E-state index in [0.717, 1.165) is 18.2 Å². The Kier molecular flexibility index (Phi) is 2.91. The van der Waals surface area contributed by atoms with Crippen molar-refractivity contribution >= 4 is 17.1 Å². The van der Waals surface area contributed by atoms with Crippen LogP contribution >= 0.6 is 0 Å². The third kappa shape index (κ3) is 2.50. The quantitative estimate of drug-likeness (QED) is 0.786. The van der Waals surface area contributed by atoms with E-state index in [1.165, 1.54) is 18.2 Å². The molecule has 0 aliphatic carbocycles. The molecule has 0 saturated carbocycles. The molecule has 0 aliphatic heterocycles. The van der Waals surface area contributed by atoms with Crippen molar-refractivity contribution in [2.75, 3.05) is 11.1 Å². The van der Waals surface area contributed by atoms with E-state index in [4.69, 9.17) is 5.73 Å². The van der Waals surface area contributed by atoms with E-state index >= 15 is 0 Å². The second kappa shape index (κ2) is 4.37. The fourth-order valence-corrected chi connectivity index (χ4v) is 1.37. The number of halogens is 3. The van der Waals surface area contributed by atoms with Gasteiger partial charge in [-0.05, 0) is 30.3 Å². The van der Waals surface area contributed by atoms with Gasteiger partial charge >= 0.3 is 0 Å². The van der Waals surface area contributed by atoms with E-state index in [9.17, 15) is 13.2 Å². The van der Waals surface area contributed by atoms with Crippen molar-refractivity contribution in [1.82, 2.24) is 0 Å². The Morgan fingerprint density at radius 3 is 2.00 bits per heavy atom. The van der Waals surface area contributed by atoms with Crippen molar-refractivity contribution < 1.29 is 13.2 Å². The molecule has 0 aliphatic rings. The van der Waals surface area contributed by atoms with Gasteiger partial charge in [0.05, 0.1) is 11.4 Å². The second-order valence-electron chi connectivity index (χ2n) is 3.49. The lowest BCUT2D eigenvalue weighted by molar-refractivity contribution is 0.585. The van der Waals surface area contributed by atoms with E-state index in [0.29, 0.717) is 0 Å². The molecule has 0 spiro atoms. The molecule has 3 N–H and O–H groups in total. The summed E-state index contributed by atoms with van der Waals surface area (Å²) < 4.78 is 39.4. The van der Waals surface area contributed by atoms with Gasteiger partial charge in [0.2, 0.25) is 0 Å². The lowest BCUT2D eigenvalue weighted by Crippen LogP contribution is -1.98. The topological polar surface area (TPSA) is 38.0 Å². The number of nitrogens with two attached hydrogens (primary N) is 1. The molecule has 0 heterocycles. The molecule has 0 aromatic heterocycles. The Labute approximate surface area is 95.9 Å². The number of benzene rings is 2. The van der Waals surface area contributed by atoms with Gasteiger partial charge in [0.25, 0.3) is 0 Å². The summed E-state index contributed by atoms with van der Waals surface area (Å²) >= 11 is 0. The SMILES string of the molecule is Nc1ccc(Nc2ccc(F)cc2F)c(F)c1. The van der Waals surface area contributed by atoms with Crippen LogP contribution in [0.1, 0.15) is 0 Å². The molecule has 88 valence electrons. The van der Waals surface area contributed by atoms with Crippen LogP contribution in [0, 0.1) is 17.5 Å². The van der Waals surface area contributed by atoms with Gasteiger partial charge in [0, 0.05) is 11.8 Å². The third-order valence-corrected chi connectivity index (χ3v) is 2.19. The maximum Gasteiger partial charge on any atom is 0.149 e. The monoisotopic (exact) mass is 238 g/mol. The van der Waals surface area contributed by atoms with Crippen LogP contribution in [-0.4, -0.2) is 0 Å². The highest BCUT2D eigenvalue weighted by Crippen LogP contribution is 2.24. The molecule has 0 fully saturated rings. The Balaban J connectivity index is 2.31. The van der Waals surface area contributed by atoms with Crippen molar-refractivity contribution in [3.63, 3.8) is 0 Å². The fourth-order valence-electron chi connectivity index (χ4n) is 1.37. The van der Waals surface area contributed by atoms with E-state index in [-0.39, 0.29) is 17.1 Å². The Bertz CT molecular complexity index is 506. The largest absolute Gasteiger partial charge is 0.399 e. The van der Waals surface area contributed by atoms with Gasteiger partial charge in [-0.25, -0.2) is 13.2 Å². The molecule has 0 saturated heterocycles. The van der Waals surface area contributed by atoms with Gasteiger partial charge in [0.1, 0.15) is 17.5 Å². The maximum absolute atomic E-state index is 13.4. The van der Waals surface area contributed by atoms with E-state index in [2.05, 4.69) is 5.32 Å². The van der Waals surface area contributed by atoms with Crippen LogP contribution < -0.4 is 11.1 Å². The summed E-state index contributed by atoms with van der Waals surface area (Å²) in [6.45, 7) is 0. The van der Waals surface area contributed by atoms with E-state index in [1.807, 2.05) is 0 Å². The summed E-state index contributed by atoms with van der Waals surface area (Å²) in [5, 5.41) is 2.52. The minimum atomic E-state index is -0.791. The van der Waals surface area contributed by atoms with Crippen LogP contribution in [0.4, 0.5) is 30.2 Å². The first-order chi connectivity index (χ1) is 8.06. The molecule has 0 atom stereocenters. The Morgan fingerprint density at radius 2 is 1.41 bits per heavy atom. The Hall–Kier alpha value is -2.17. The molecule has 0 amide bonds. The van der Waals surface area contributed by atoms with Crippen molar-refractivity contribution in [3.8, 4) is 0 Å². The van der Waals surface area contributed by atoms with Crippen LogP contribution in [0.3, 0.4) is 0 Å². The second-order valence-corrected chi connectivity index (χ2v) is 3.49. The summed E-state index contributed by atoms with van der Waals surface area (Å²) in [5.74, 6) is -2.08. The minimum absolute atomic E-state index is 0.00456. The first kappa shape index (κ1) is 11.3. The summed E-state index contributed by atoms with van der Waals surface area (Å²) in [5.41, 5.74) is 5.72. The first-order valence-corrected chi connectivity index (χ1v) is 4.83. The van der Waals surface area contributed by atoms with Crippen molar-refractivity contribution in [2.24, 2.45) is 0 Å². The minimum Gasteiger partial charge on any atom is -0.399 e. The van der Waals surface area contributed by atoms with Gasteiger partial charge in [-0.2, -0.15) is 0 Å². The van der Waals surface area contributed by atoms with Crippen molar-refractivity contribution in [3.05, 3.63) is 53.8 Å². The number of nitrogens with one attached hydrogen (secondary N) is 1. The highest BCUT2D eigenvalue weighted by Gasteiger charge is 2.07. The van der Waals surface area contributed by atoms with Crippen LogP contribution in [0.5, 0.6) is 0 Å². The smallest absolute Gasteiger partial charge is 0.149 e. The average Bonchev–Trinajstić information content (AvgIpc) is 2.25. The van der Waals surface area contributed by atoms with Crippen LogP contribution in [-0.2, 0) is 0 Å². The number of hydrogen-bond acceptors (Lipinski definition) is 2. The van der Waals surface area contributed by atoms with E-state index < -0.39 is 17.5 Å².